The lowest BCUT2D eigenvalue weighted by molar-refractivity contribution is 0.0987. The molecule has 0 fully saturated rings. The fourth-order valence-corrected chi connectivity index (χ4v) is 5.38. The summed E-state index contributed by atoms with van der Waals surface area (Å²) >= 11 is 2.88. The van der Waals surface area contributed by atoms with Gasteiger partial charge in [0, 0.05) is 24.5 Å². The van der Waals surface area contributed by atoms with Gasteiger partial charge in [0.25, 0.3) is 5.91 Å². The van der Waals surface area contributed by atoms with E-state index in [-0.39, 0.29) is 4.90 Å². The first-order valence-electron chi connectivity index (χ1n) is 9.57. The van der Waals surface area contributed by atoms with Gasteiger partial charge >= 0.3 is 0 Å². The maximum Gasteiger partial charge on any atom is 0.280 e. The summed E-state index contributed by atoms with van der Waals surface area (Å²) in [6.45, 7) is 2.00. The predicted octanol–water partition coefficient (Wildman–Crippen LogP) is 4.60. The Hall–Kier alpha value is -2.92. The molecule has 2 heterocycles. The molecule has 32 heavy (non-hydrogen) atoms. The molecule has 164 valence electrons. The van der Waals surface area contributed by atoms with E-state index in [1.165, 1.54) is 66.0 Å². The SMILES string of the molecule is Cc1ccc2nc(N(/N=C/c3cccs3)C(=O)c3ccc(S(=O)(=O)N(C)C)cc3)sc2c1. The monoisotopic (exact) mass is 484 g/mol. The first kappa shape index (κ1) is 22.3. The number of hydrogen-bond acceptors (Lipinski definition) is 7. The van der Waals surface area contributed by atoms with Crippen LogP contribution >= 0.6 is 22.7 Å². The van der Waals surface area contributed by atoms with E-state index < -0.39 is 15.9 Å². The van der Waals surface area contributed by atoms with E-state index in [9.17, 15) is 13.2 Å². The Morgan fingerprint density at radius 2 is 1.84 bits per heavy atom. The largest absolute Gasteiger partial charge is 0.280 e. The molecule has 4 aromatic rings. The number of amides is 1. The molecule has 0 bridgehead atoms. The highest BCUT2D eigenvalue weighted by molar-refractivity contribution is 7.89. The number of rotatable bonds is 6. The number of sulfonamides is 1. The molecule has 0 saturated carbocycles. The number of benzene rings is 2. The number of aryl methyl sites for hydroxylation is 1. The molecule has 7 nitrogen and oxygen atoms in total. The second-order valence-corrected chi connectivity index (χ2v) is 11.3. The minimum atomic E-state index is -3.58. The molecule has 0 radical (unpaired) electrons. The number of thiazole rings is 1. The van der Waals surface area contributed by atoms with Crippen molar-refractivity contribution in [1.82, 2.24) is 9.29 Å². The summed E-state index contributed by atoms with van der Waals surface area (Å²) in [4.78, 5) is 19.0. The molecule has 2 aromatic heterocycles. The van der Waals surface area contributed by atoms with Crippen molar-refractivity contribution >= 4 is 60.2 Å². The third kappa shape index (κ3) is 4.49. The van der Waals surface area contributed by atoms with Gasteiger partial charge in [-0.25, -0.2) is 17.7 Å². The van der Waals surface area contributed by atoms with E-state index in [1.807, 2.05) is 42.6 Å². The Labute approximate surface area is 194 Å². The lowest BCUT2D eigenvalue weighted by atomic mass is 10.2. The average Bonchev–Trinajstić information content (AvgIpc) is 3.43. The van der Waals surface area contributed by atoms with Gasteiger partial charge in [-0.3, -0.25) is 4.79 Å². The summed E-state index contributed by atoms with van der Waals surface area (Å²) < 4.78 is 26.7. The number of nitrogens with zero attached hydrogens (tertiary/aromatic N) is 4. The zero-order valence-electron chi connectivity index (χ0n) is 17.6. The van der Waals surface area contributed by atoms with Gasteiger partial charge in [0.1, 0.15) is 0 Å². The third-order valence-corrected chi connectivity index (χ3v) is 8.26. The highest BCUT2D eigenvalue weighted by Crippen LogP contribution is 2.31. The topological polar surface area (TPSA) is 82.9 Å². The second-order valence-electron chi connectivity index (χ2n) is 7.16. The van der Waals surface area contributed by atoms with Crippen LogP contribution in [0.3, 0.4) is 0 Å². The van der Waals surface area contributed by atoms with E-state index in [1.54, 1.807) is 6.21 Å². The van der Waals surface area contributed by atoms with Crippen molar-refractivity contribution in [3.63, 3.8) is 0 Å². The van der Waals surface area contributed by atoms with Crippen molar-refractivity contribution in [1.29, 1.82) is 0 Å². The summed E-state index contributed by atoms with van der Waals surface area (Å²) in [6, 6.07) is 15.5. The Bertz CT molecular complexity index is 1390. The lowest BCUT2D eigenvalue weighted by Gasteiger charge is -2.15. The normalized spacial score (nSPS) is 12.1. The van der Waals surface area contributed by atoms with Gasteiger partial charge in [-0.05, 0) is 60.3 Å². The minimum absolute atomic E-state index is 0.114. The molecule has 4 rings (SSSR count). The maximum absolute atomic E-state index is 13.4. The number of thiophene rings is 1. The van der Waals surface area contributed by atoms with Crippen LogP contribution in [0.15, 0.2) is 70.0 Å². The molecule has 0 spiro atoms. The Kier molecular flexibility index (Phi) is 6.20. The fraction of sp³-hybridized carbons (Fsp3) is 0.136. The van der Waals surface area contributed by atoms with E-state index in [0.29, 0.717) is 10.7 Å². The van der Waals surface area contributed by atoms with Crippen LogP contribution < -0.4 is 5.01 Å². The van der Waals surface area contributed by atoms with Crippen molar-refractivity contribution in [2.24, 2.45) is 5.10 Å². The van der Waals surface area contributed by atoms with Crippen LogP contribution in [-0.4, -0.2) is 43.9 Å². The van der Waals surface area contributed by atoms with Crippen LogP contribution in [0.5, 0.6) is 0 Å². The molecular formula is C22H20N4O3S3. The van der Waals surface area contributed by atoms with Gasteiger partial charge in [0.15, 0.2) is 0 Å². The van der Waals surface area contributed by atoms with Gasteiger partial charge in [-0.15, -0.1) is 11.3 Å². The van der Waals surface area contributed by atoms with Gasteiger partial charge in [0.2, 0.25) is 15.2 Å². The zero-order valence-corrected chi connectivity index (χ0v) is 20.0. The predicted molar refractivity (Wildman–Crippen MR) is 130 cm³/mol. The van der Waals surface area contributed by atoms with Crippen molar-refractivity contribution < 1.29 is 13.2 Å². The van der Waals surface area contributed by atoms with E-state index in [4.69, 9.17) is 0 Å². The highest BCUT2D eigenvalue weighted by atomic mass is 32.2. The molecule has 0 aliphatic heterocycles. The van der Waals surface area contributed by atoms with E-state index in [0.717, 1.165) is 25.0 Å². The fourth-order valence-electron chi connectivity index (χ4n) is 2.88. The summed E-state index contributed by atoms with van der Waals surface area (Å²) in [5.41, 5.74) is 2.19. The van der Waals surface area contributed by atoms with Crippen molar-refractivity contribution in [2.75, 3.05) is 19.1 Å². The molecular weight excluding hydrogens is 464 g/mol. The van der Waals surface area contributed by atoms with Crippen molar-refractivity contribution in [3.05, 3.63) is 76.0 Å². The Balaban J connectivity index is 1.72. The van der Waals surface area contributed by atoms with E-state index in [2.05, 4.69) is 10.1 Å². The molecule has 0 atom stereocenters. The quantitative estimate of drug-likeness (QED) is 0.296. The van der Waals surface area contributed by atoms with Gasteiger partial charge in [-0.1, -0.05) is 23.5 Å². The van der Waals surface area contributed by atoms with Crippen LogP contribution in [0.2, 0.25) is 0 Å². The summed E-state index contributed by atoms with van der Waals surface area (Å²) in [7, 11) is -0.658. The molecule has 0 N–H and O–H groups in total. The van der Waals surface area contributed by atoms with Gasteiger partial charge < -0.3 is 0 Å². The first-order chi connectivity index (χ1) is 15.3. The smallest absolute Gasteiger partial charge is 0.267 e. The summed E-state index contributed by atoms with van der Waals surface area (Å²) in [6.07, 6.45) is 1.62. The van der Waals surface area contributed by atoms with Crippen LogP contribution in [-0.2, 0) is 10.0 Å². The first-order valence-corrected chi connectivity index (χ1v) is 12.7. The molecule has 0 saturated heterocycles. The molecule has 10 heteroatoms. The molecule has 1 amide bonds. The highest BCUT2D eigenvalue weighted by Gasteiger charge is 2.23. The average molecular weight is 485 g/mol. The molecule has 0 aliphatic rings. The van der Waals surface area contributed by atoms with E-state index >= 15 is 0 Å². The van der Waals surface area contributed by atoms with Crippen LogP contribution in [0, 0.1) is 6.92 Å². The number of anilines is 1. The molecule has 0 unspecified atom stereocenters. The molecule has 0 aliphatic carbocycles. The Morgan fingerprint density at radius 1 is 1.09 bits per heavy atom. The molecule has 2 aromatic carbocycles. The van der Waals surface area contributed by atoms with Gasteiger partial charge in [-0.2, -0.15) is 10.1 Å². The summed E-state index contributed by atoms with van der Waals surface area (Å²) in [5, 5.41) is 8.05. The second kappa shape index (κ2) is 8.91. The number of aromatic nitrogens is 1. The Morgan fingerprint density at radius 3 is 2.50 bits per heavy atom. The van der Waals surface area contributed by atoms with Crippen molar-refractivity contribution in [2.45, 2.75) is 11.8 Å². The number of carbonyl (C=O) groups is 1. The maximum atomic E-state index is 13.4. The zero-order chi connectivity index (χ0) is 22.9. The van der Waals surface area contributed by atoms with Crippen LogP contribution in [0.1, 0.15) is 20.8 Å². The van der Waals surface area contributed by atoms with Crippen LogP contribution in [0.25, 0.3) is 10.2 Å². The summed E-state index contributed by atoms with van der Waals surface area (Å²) in [5.74, 6) is -0.401. The van der Waals surface area contributed by atoms with Crippen molar-refractivity contribution in [3.8, 4) is 0 Å². The van der Waals surface area contributed by atoms with Crippen LogP contribution in [0.4, 0.5) is 5.13 Å². The minimum Gasteiger partial charge on any atom is -0.267 e. The standard InChI is InChI=1S/C22H20N4O3S3/c1-15-6-11-19-20(13-15)31-22(24-19)26(23-14-17-5-4-12-30-17)21(27)16-7-9-18(10-8-16)32(28,29)25(2)3/h4-14H,1-3H3/b23-14+. The number of fused-ring (bicyclic) bond motifs is 1. The van der Waals surface area contributed by atoms with Gasteiger partial charge in [0.05, 0.1) is 21.3 Å². The number of hydrazone groups is 1. The third-order valence-electron chi connectivity index (χ3n) is 4.63. The lowest BCUT2D eigenvalue weighted by Crippen LogP contribution is -2.26. The number of hydrogen-bond donors (Lipinski definition) is 0. The number of carbonyl (C=O) groups excluding carboxylic acids is 1.